The second-order valence-electron chi connectivity index (χ2n) is 7.71. The molecule has 3 unspecified atom stereocenters. The SMILES string of the molecule is CN1C(=O)C(C(C(=O)c2ccccc2)C2CCC/C(=C/O)C2=O)c2ccccc21. The summed E-state index contributed by atoms with van der Waals surface area (Å²) in [6, 6.07) is 16.3. The van der Waals surface area contributed by atoms with Crippen molar-refractivity contribution >= 4 is 23.2 Å². The third-order valence-electron chi connectivity index (χ3n) is 6.15. The Morgan fingerprint density at radius 2 is 1.79 bits per heavy atom. The number of para-hydroxylation sites is 1. The highest BCUT2D eigenvalue weighted by atomic mass is 16.2. The summed E-state index contributed by atoms with van der Waals surface area (Å²) in [7, 11) is 1.70. The van der Waals surface area contributed by atoms with Gasteiger partial charge in [-0.2, -0.15) is 0 Å². The molecule has 2 aliphatic rings. The van der Waals surface area contributed by atoms with Crippen molar-refractivity contribution < 1.29 is 19.5 Å². The number of rotatable bonds is 4. The fraction of sp³-hybridized carbons (Fsp3) is 0.292. The van der Waals surface area contributed by atoms with Crippen molar-refractivity contribution in [1.82, 2.24) is 0 Å². The molecule has 1 N–H and O–H groups in total. The molecule has 4 rings (SSSR count). The molecule has 1 saturated carbocycles. The number of aliphatic hydroxyl groups excluding tert-OH is 1. The number of anilines is 1. The van der Waals surface area contributed by atoms with Gasteiger partial charge in [0.05, 0.1) is 12.2 Å². The molecule has 5 heteroatoms. The van der Waals surface area contributed by atoms with Crippen molar-refractivity contribution in [2.24, 2.45) is 11.8 Å². The van der Waals surface area contributed by atoms with Crippen LogP contribution in [0.15, 0.2) is 66.4 Å². The van der Waals surface area contributed by atoms with Crippen molar-refractivity contribution in [1.29, 1.82) is 0 Å². The van der Waals surface area contributed by atoms with Gasteiger partial charge in [0.1, 0.15) is 0 Å². The van der Waals surface area contributed by atoms with E-state index in [0.29, 0.717) is 30.4 Å². The van der Waals surface area contributed by atoms with E-state index in [-0.39, 0.29) is 17.5 Å². The van der Waals surface area contributed by atoms with Crippen LogP contribution in [0.4, 0.5) is 5.69 Å². The van der Waals surface area contributed by atoms with Gasteiger partial charge in [-0.3, -0.25) is 14.4 Å². The summed E-state index contributed by atoms with van der Waals surface area (Å²) < 4.78 is 0. The van der Waals surface area contributed by atoms with Crippen molar-refractivity contribution in [3.63, 3.8) is 0 Å². The van der Waals surface area contributed by atoms with Gasteiger partial charge in [-0.25, -0.2) is 0 Å². The Labute approximate surface area is 169 Å². The largest absolute Gasteiger partial charge is 0.515 e. The Hall–Kier alpha value is -3.21. The van der Waals surface area contributed by atoms with Gasteiger partial charge in [0.15, 0.2) is 11.6 Å². The third-order valence-corrected chi connectivity index (χ3v) is 6.15. The smallest absolute Gasteiger partial charge is 0.235 e. The summed E-state index contributed by atoms with van der Waals surface area (Å²) >= 11 is 0. The van der Waals surface area contributed by atoms with Crippen LogP contribution in [0.5, 0.6) is 0 Å². The number of hydrogen-bond acceptors (Lipinski definition) is 4. The molecule has 2 aromatic carbocycles. The van der Waals surface area contributed by atoms with Gasteiger partial charge in [0, 0.05) is 35.7 Å². The normalized spacial score (nSPS) is 23.9. The molecule has 1 heterocycles. The minimum absolute atomic E-state index is 0.173. The Morgan fingerprint density at radius 3 is 2.52 bits per heavy atom. The van der Waals surface area contributed by atoms with E-state index < -0.39 is 17.8 Å². The van der Waals surface area contributed by atoms with E-state index in [0.717, 1.165) is 17.5 Å². The van der Waals surface area contributed by atoms with Crippen LogP contribution in [0.3, 0.4) is 0 Å². The van der Waals surface area contributed by atoms with E-state index in [9.17, 15) is 19.5 Å². The van der Waals surface area contributed by atoms with Crippen LogP contribution in [0, 0.1) is 11.8 Å². The maximum Gasteiger partial charge on any atom is 0.235 e. The average molecular weight is 389 g/mol. The van der Waals surface area contributed by atoms with Crippen LogP contribution in [0.2, 0.25) is 0 Å². The molecule has 0 aromatic heterocycles. The van der Waals surface area contributed by atoms with Crippen molar-refractivity contribution in [2.45, 2.75) is 25.2 Å². The maximum atomic E-state index is 13.6. The molecule has 148 valence electrons. The van der Waals surface area contributed by atoms with Gasteiger partial charge in [-0.05, 0) is 30.9 Å². The Bertz CT molecular complexity index is 995. The highest BCUT2D eigenvalue weighted by Gasteiger charge is 2.49. The lowest BCUT2D eigenvalue weighted by Gasteiger charge is -2.32. The van der Waals surface area contributed by atoms with Crippen LogP contribution >= 0.6 is 0 Å². The van der Waals surface area contributed by atoms with E-state index in [1.807, 2.05) is 30.3 Å². The summed E-state index contributed by atoms with van der Waals surface area (Å²) in [5.41, 5.74) is 2.38. The predicted octanol–water partition coefficient (Wildman–Crippen LogP) is 4.06. The summed E-state index contributed by atoms with van der Waals surface area (Å²) in [6.07, 6.45) is 2.57. The molecule has 0 radical (unpaired) electrons. The first-order valence-electron chi connectivity index (χ1n) is 9.87. The zero-order valence-corrected chi connectivity index (χ0v) is 16.2. The van der Waals surface area contributed by atoms with Crippen molar-refractivity contribution in [2.75, 3.05) is 11.9 Å². The Balaban J connectivity index is 1.84. The van der Waals surface area contributed by atoms with Crippen molar-refractivity contribution in [3.05, 3.63) is 77.6 Å². The lowest BCUT2D eigenvalue weighted by molar-refractivity contribution is -0.124. The van der Waals surface area contributed by atoms with Gasteiger partial charge in [-0.1, -0.05) is 48.5 Å². The highest BCUT2D eigenvalue weighted by molar-refractivity contribution is 6.12. The molecule has 0 spiro atoms. The topological polar surface area (TPSA) is 74.7 Å². The minimum atomic E-state index is -0.807. The van der Waals surface area contributed by atoms with E-state index in [4.69, 9.17) is 0 Å². The minimum Gasteiger partial charge on any atom is -0.515 e. The zero-order valence-electron chi connectivity index (χ0n) is 16.2. The standard InChI is InChI=1S/C24H23NO4/c1-25-19-13-6-5-11-17(19)21(24(25)29)20(23(28)15-8-3-2-4-9-15)18-12-7-10-16(14-26)22(18)27/h2-6,8-9,11,13-14,18,20-21,26H,7,10,12H2,1H3/b16-14-. The number of ketones is 2. The van der Waals surface area contributed by atoms with Crippen LogP contribution in [0.1, 0.15) is 41.1 Å². The first-order valence-corrected chi connectivity index (χ1v) is 9.87. The van der Waals surface area contributed by atoms with E-state index in [1.54, 1.807) is 36.2 Å². The van der Waals surface area contributed by atoms with Crippen LogP contribution < -0.4 is 4.90 Å². The molecule has 0 bridgehead atoms. The summed E-state index contributed by atoms with van der Waals surface area (Å²) in [5, 5.41) is 9.49. The first kappa shape index (κ1) is 19.1. The van der Waals surface area contributed by atoms with Gasteiger partial charge >= 0.3 is 0 Å². The molecule has 1 aliphatic heterocycles. The summed E-state index contributed by atoms with van der Waals surface area (Å²) in [4.78, 5) is 41.5. The maximum absolute atomic E-state index is 13.6. The quantitative estimate of drug-likeness (QED) is 0.486. The molecular weight excluding hydrogens is 366 g/mol. The fourth-order valence-corrected chi connectivity index (χ4v) is 4.70. The Kier molecular flexibility index (Phi) is 5.05. The number of amides is 1. The third kappa shape index (κ3) is 3.16. The number of nitrogens with zero attached hydrogens (tertiary/aromatic N) is 1. The van der Waals surface area contributed by atoms with E-state index >= 15 is 0 Å². The number of carbonyl (C=O) groups is 3. The van der Waals surface area contributed by atoms with Crippen LogP contribution in [0.25, 0.3) is 0 Å². The van der Waals surface area contributed by atoms with Gasteiger partial charge in [0.2, 0.25) is 5.91 Å². The molecule has 29 heavy (non-hydrogen) atoms. The molecule has 1 amide bonds. The number of carbonyl (C=O) groups excluding carboxylic acids is 3. The first-order chi connectivity index (χ1) is 14.0. The molecule has 0 saturated heterocycles. The summed E-state index contributed by atoms with van der Waals surface area (Å²) in [5.74, 6) is -2.76. The van der Waals surface area contributed by atoms with Gasteiger partial charge in [0.25, 0.3) is 0 Å². The number of hydrogen-bond donors (Lipinski definition) is 1. The average Bonchev–Trinajstić information content (AvgIpc) is 3.01. The van der Waals surface area contributed by atoms with Gasteiger partial charge in [-0.15, -0.1) is 0 Å². The second-order valence-corrected chi connectivity index (χ2v) is 7.71. The molecule has 1 aliphatic carbocycles. The number of likely N-dealkylation sites (N-methyl/N-ethyl adjacent to an activating group) is 1. The monoisotopic (exact) mass is 389 g/mol. The van der Waals surface area contributed by atoms with Crippen molar-refractivity contribution in [3.8, 4) is 0 Å². The number of benzene rings is 2. The summed E-state index contributed by atoms with van der Waals surface area (Å²) in [6.45, 7) is 0. The van der Waals surface area contributed by atoms with Gasteiger partial charge < -0.3 is 10.0 Å². The fourth-order valence-electron chi connectivity index (χ4n) is 4.70. The zero-order chi connectivity index (χ0) is 20.5. The van der Waals surface area contributed by atoms with Crippen LogP contribution in [-0.2, 0) is 9.59 Å². The number of aliphatic hydroxyl groups is 1. The number of Topliss-reactive ketones (excluding diaryl/α,β-unsaturated/α-hetero) is 2. The number of allylic oxidation sites excluding steroid dienone is 1. The number of fused-ring (bicyclic) bond motifs is 1. The molecule has 1 fully saturated rings. The molecule has 3 atom stereocenters. The van der Waals surface area contributed by atoms with E-state index in [1.165, 1.54) is 0 Å². The lowest BCUT2D eigenvalue weighted by Crippen LogP contribution is -2.40. The molecule has 2 aromatic rings. The Morgan fingerprint density at radius 1 is 1.10 bits per heavy atom. The van der Waals surface area contributed by atoms with E-state index in [2.05, 4.69) is 0 Å². The van der Waals surface area contributed by atoms with Crippen LogP contribution in [-0.4, -0.2) is 29.6 Å². The lowest BCUT2D eigenvalue weighted by atomic mass is 9.68. The highest BCUT2D eigenvalue weighted by Crippen LogP contribution is 2.46. The molecule has 5 nitrogen and oxygen atoms in total. The predicted molar refractivity (Wildman–Crippen MR) is 110 cm³/mol. The second kappa shape index (κ2) is 7.66. The molecular formula is C24H23NO4.